The van der Waals surface area contributed by atoms with Gasteiger partial charge in [0.25, 0.3) is 0 Å². The second kappa shape index (κ2) is 7.84. The average molecular weight is 342 g/mol. The van der Waals surface area contributed by atoms with Crippen LogP contribution in [0.15, 0.2) is 59.5 Å². The maximum atomic E-state index is 11.9. The number of halogens is 1. The summed E-state index contributed by atoms with van der Waals surface area (Å²) in [4.78, 5) is 1.13. The van der Waals surface area contributed by atoms with Crippen LogP contribution in [0.5, 0.6) is 0 Å². The van der Waals surface area contributed by atoms with E-state index in [2.05, 4.69) is 4.72 Å². The van der Waals surface area contributed by atoms with Crippen molar-refractivity contribution in [3.8, 4) is 0 Å². The maximum Gasteiger partial charge on any atom is 0.215 e. The molecule has 0 saturated carbocycles. The predicted octanol–water partition coefficient (Wildman–Crippen LogP) is 3.55. The second-order valence-corrected chi connectivity index (χ2v) is 7.85. The smallest absolute Gasteiger partial charge is 0.214 e. The van der Waals surface area contributed by atoms with Crippen LogP contribution in [0, 0.1) is 0 Å². The topological polar surface area (TPSA) is 46.2 Å². The molecular weight excluding hydrogens is 326 g/mol. The number of rotatable bonds is 7. The molecule has 3 nitrogen and oxygen atoms in total. The molecule has 0 fully saturated rings. The summed E-state index contributed by atoms with van der Waals surface area (Å²) in [5.74, 6) is 0.671. The molecular formula is C15H16ClNO2S2. The highest BCUT2D eigenvalue weighted by molar-refractivity contribution is 7.99. The van der Waals surface area contributed by atoms with Gasteiger partial charge in [0.05, 0.1) is 5.75 Å². The van der Waals surface area contributed by atoms with Crippen molar-refractivity contribution in [1.29, 1.82) is 0 Å². The molecule has 21 heavy (non-hydrogen) atoms. The SMILES string of the molecule is O=S(=O)(Cc1ccc(Cl)cc1)NCCSc1ccccc1. The Morgan fingerprint density at radius 2 is 1.67 bits per heavy atom. The summed E-state index contributed by atoms with van der Waals surface area (Å²) in [6.45, 7) is 0.412. The van der Waals surface area contributed by atoms with Gasteiger partial charge in [0, 0.05) is 22.2 Å². The molecule has 0 heterocycles. The molecule has 0 unspecified atom stereocenters. The Morgan fingerprint density at radius 1 is 1.00 bits per heavy atom. The summed E-state index contributed by atoms with van der Waals surface area (Å²) in [6.07, 6.45) is 0. The van der Waals surface area contributed by atoms with E-state index in [1.807, 2.05) is 30.3 Å². The van der Waals surface area contributed by atoms with E-state index in [1.54, 1.807) is 36.0 Å². The molecule has 0 aliphatic heterocycles. The molecule has 112 valence electrons. The van der Waals surface area contributed by atoms with Gasteiger partial charge in [-0.15, -0.1) is 11.8 Å². The highest BCUT2D eigenvalue weighted by Gasteiger charge is 2.10. The molecule has 2 aromatic carbocycles. The predicted molar refractivity (Wildman–Crippen MR) is 89.2 cm³/mol. The molecule has 0 aromatic heterocycles. The highest BCUT2D eigenvalue weighted by Crippen LogP contribution is 2.16. The Hall–Kier alpha value is -1.01. The van der Waals surface area contributed by atoms with Crippen LogP contribution in [0.1, 0.15) is 5.56 Å². The normalized spacial score (nSPS) is 11.5. The van der Waals surface area contributed by atoms with Crippen molar-refractivity contribution in [1.82, 2.24) is 4.72 Å². The minimum atomic E-state index is -3.31. The molecule has 2 aromatic rings. The molecule has 0 aliphatic rings. The third kappa shape index (κ3) is 6.09. The van der Waals surface area contributed by atoms with Gasteiger partial charge in [-0.1, -0.05) is 41.9 Å². The quantitative estimate of drug-likeness (QED) is 0.618. The lowest BCUT2D eigenvalue weighted by molar-refractivity contribution is 0.583. The minimum absolute atomic E-state index is 0.0276. The van der Waals surface area contributed by atoms with Gasteiger partial charge in [-0.3, -0.25) is 0 Å². The van der Waals surface area contributed by atoms with Gasteiger partial charge in [-0.05, 0) is 29.8 Å². The summed E-state index contributed by atoms with van der Waals surface area (Å²) in [6, 6.07) is 16.7. The summed E-state index contributed by atoms with van der Waals surface area (Å²) in [5.41, 5.74) is 0.725. The molecule has 0 atom stereocenters. The summed E-state index contributed by atoms with van der Waals surface area (Å²) >= 11 is 7.40. The van der Waals surface area contributed by atoms with Crippen molar-refractivity contribution in [2.24, 2.45) is 0 Å². The third-order valence-electron chi connectivity index (χ3n) is 2.71. The van der Waals surface area contributed by atoms with E-state index in [0.717, 1.165) is 10.5 Å². The molecule has 0 radical (unpaired) electrons. The first-order valence-corrected chi connectivity index (χ1v) is 9.46. The van der Waals surface area contributed by atoms with Gasteiger partial charge in [0.15, 0.2) is 0 Å². The van der Waals surface area contributed by atoms with Crippen LogP contribution in [-0.2, 0) is 15.8 Å². The van der Waals surface area contributed by atoms with Gasteiger partial charge in [-0.2, -0.15) is 0 Å². The number of sulfonamides is 1. The van der Waals surface area contributed by atoms with Crippen LogP contribution in [0.3, 0.4) is 0 Å². The van der Waals surface area contributed by atoms with Crippen LogP contribution in [0.4, 0.5) is 0 Å². The van der Waals surface area contributed by atoms with Crippen molar-refractivity contribution < 1.29 is 8.42 Å². The van der Waals surface area contributed by atoms with Crippen LogP contribution >= 0.6 is 23.4 Å². The highest BCUT2D eigenvalue weighted by atomic mass is 35.5. The largest absolute Gasteiger partial charge is 0.215 e. The van der Waals surface area contributed by atoms with Crippen LogP contribution in [0.2, 0.25) is 5.02 Å². The van der Waals surface area contributed by atoms with Gasteiger partial charge in [0.2, 0.25) is 10.0 Å². The average Bonchev–Trinajstić information content (AvgIpc) is 2.47. The zero-order chi connectivity index (χ0) is 15.1. The second-order valence-electron chi connectivity index (χ2n) is 4.44. The van der Waals surface area contributed by atoms with E-state index in [-0.39, 0.29) is 5.75 Å². The zero-order valence-electron chi connectivity index (χ0n) is 11.3. The van der Waals surface area contributed by atoms with Gasteiger partial charge in [-0.25, -0.2) is 13.1 Å². The van der Waals surface area contributed by atoms with E-state index in [9.17, 15) is 8.42 Å². The summed E-state index contributed by atoms with van der Waals surface area (Å²) in [5, 5.41) is 0.600. The Labute approximate surface area is 134 Å². The Balaban J connectivity index is 1.77. The number of benzene rings is 2. The Morgan fingerprint density at radius 3 is 2.33 bits per heavy atom. The first-order valence-electron chi connectivity index (χ1n) is 6.45. The van der Waals surface area contributed by atoms with E-state index in [4.69, 9.17) is 11.6 Å². The maximum absolute atomic E-state index is 11.9. The first-order chi connectivity index (χ1) is 10.1. The third-order valence-corrected chi connectivity index (χ3v) is 5.33. The van der Waals surface area contributed by atoms with Crippen LogP contribution < -0.4 is 4.72 Å². The van der Waals surface area contributed by atoms with Gasteiger partial charge in [0.1, 0.15) is 0 Å². The molecule has 0 saturated heterocycles. The number of nitrogens with one attached hydrogen (secondary N) is 1. The lowest BCUT2D eigenvalue weighted by Gasteiger charge is -2.07. The zero-order valence-corrected chi connectivity index (χ0v) is 13.7. The van der Waals surface area contributed by atoms with Crippen molar-refractivity contribution >= 4 is 33.4 Å². The van der Waals surface area contributed by atoms with E-state index in [0.29, 0.717) is 17.3 Å². The standard InChI is InChI=1S/C15H16ClNO2S2/c16-14-8-6-13(7-9-14)12-21(18,19)17-10-11-20-15-4-2-1-3-5-15/h1-9,17H,10-12H2. The van der Waals surface area contributed by atoms with Crippen LogP contribution in [0.25, 0.3) is 0 Å². The summed E-state index contributed by atoms with van der Waals surface area (Å²) in [7, 11) is -3.31. The van der Waals surface area contributed by atoms with E-state index < -0.39 is 10.0 Å². The lowest BCUT2D eigenvalue weighted by Crippen LogP contribution is -2.27. The number of thioether (sulfide) groups is 1. The van der Waals surface area contributed by atoms with Crippen LogP contribution in [-0.4, -0.2) is 20.7 Å². The summed E-state index contributed by atoms with van der Waals surface area (Å²) < 4.78 is 26.5. The molecule has 0 amide bonds. The minimum Gasteiger partial charge on any atom is -0.214 e. The monoisotopic (exact) mass is 341 g/mol. The van der Waals surface area contributed by atoms with Crippen molar-refractivity contribution in [3.63, 3.8) is 0 Å². The molecule has 2 rings (SSSR count). The Bertz CT molecular complexity index is 658. The first kappa shape index (κ1) is 16.4. The Kier molecular flexibility index (Phi) is 6.11. The van der Waals surface area contributed by atoms with E-state index in [1.165, 1.54) is 0 Å². The van der Waals surface area contributed by atoms with E-state index >= 15 is 0 Å². The lowest BCUT2D eigenvalue weighted by atomic mass is 10.2. The van der Waals surface area contributed by atoms with Gasteiger partial charge >= 0.3 is 0 Å². The fraction of sp³-hybridized carbons (Fsp3) is 0.200. The fourth-order valence-corrected chi connectivity index (χ4v) is 3.92. The number of hydrogen-bond acceptors (Lipinski definition) is 3. The van der Waals surface area contributed by atoms with Crippen molar-refractivity contribution in [3.05, 3.63) is 65.2 Å². The van der Waals surface area contributed by atoms with Crippen molar-refractivity contribution in [2.45, 2.75) is 10.6 Å². The number of hydrogen-bond donors (Lipinski definition) is 1. The molecule has 6 heteroatoms. The molecule has 1 N–H and O–H groups in total. The van der Waals surface area contributed by atoms with Gasteiger partial charge < -0.3 is 0 Å². The van der Waals surface area contributed by atoms with Crippen molar-refractivity contribution in [2.75, 3.05) is 12.3 Å². The molecule has 0 bridgehead atoms. The molecule has 0 aliphatic carbocycles. The fourth-order valence-electron chi connectivity index (χ4n) is 1.73. The molecule has 0 spiro atoms.